The molecule has 1 N–H and O–H groups in total. The molecule has 0 unspecified atom stereocenters. The number of amides is 1. The maximum atomic E-state index is 11.3. The fourth-order valence-corrected chi connectivity index (χ4v) is 2.34. The van der Waals surface area contributed by atoms with Gasteiger partial charge in [0.15, 0.2) is 0 Å². The van der Waals surface area contributed by atoms with E-state index in [0.717, 1.165) is 44.1 Å². The van der Waals surface area contributed by atoms with Gasteiger partial charge in [-0.15, -0.1) is 0 Å². The predicted octanol–water partition coefficient (Wildman–Crippen LogP) is 0.863. The number of aromatic nitrogens is 1. The summed E-state index contributed by atoms with van der Waals surface area (Å²) < 4.78 is 0. The molecule has 2 heterocycles. The molecule has 0 saturated carbocycles. The summed E-state index contributed by atoms with van der Waals surface area (Å²) in [7, 11) is 0. The van der Waals surface area contributed by atoms with Crippen LogP contribution in [0.3, 0.4) is 0 Å². The van der Waals surface area contributed by atoms with E-state index in [9.17, 15) is 4.79 Å². The smallest absolute Gasteiger partial charge is 0.296 e. The Kier molecular flexibility index (Phi) is 5.59. The van der Waals surface area contributed by atoms with Gasteiger partial charge < -0.3 is 15.1 Å². The van der Waals surface area contributed by atoms with Crippen molar-refractivity contribution in [1.82, 2.24) is 15.2 Å². The molecule has 112 valence electrons. The van der Waals surface area contributed by atoms with Gasteiger partial charge in [0.25, 0.3) is 5.91 Å². The van der Waals surface area contributed by atoms with E-state index in [0.29, 0.717) is 6.54 Å². The number of nitrogens with one attached hydrogen (secondary N) is 1. The second-order valence-corrected chi connectivity index (χ2v) is 5.00. The number of anilines is 1. The number of carbonyl (C=O) groups excluding carboxylic acids is 1. The molecule has 1 aliphatic rings. The van der Waals surface area contributed by atoms with E-state index in [1.807, 2.05) is 18.3 Å². The molecule has 1 aliphatic heterocycles. The number of nitrogens with zero attached hydrogens (tertiary/aromatic N) is 3. The molecule has 1 aromatic heterocycles. The lowest BCUT2D eigenvalue weighted by Crippen LogP contribution is -2.46. The molecule has 1 fully saturated rings. The molecule has 5 nitrogen and oxygen atoms in total. The first-order chi connectivity index (χ1) is 10.2. The Morgan fingerprint density at radius 2 is 2.10 bits per heavy atom. The number of hydrogen-bond acceptors (Lipinski definition) is 4. The van der Waals surface area contributed by atoms with E-state index >= 15 is 0 Å². The monoisotopic (exact) mass is 286 g/mol. The highest BCUT2D eigenvalue weighted by atomic mass is 16.1. The second-order valence-electron chi connectivity index (χ2n) is 5.00. The van der Waals surface area contributed by atoms with E-state index in [1.165, 1.54) is 0 Å². The third-order valence-corrected chi connectivity index (χ3v) is 3.64. The van der Waals surface area contributed by atoms with E-state index in [-0.39, 0.29) is 5.91 Å². The van der Waals surface area contributed by atoms with Gasteiger partial charge in [0, 0.05) is 38.9 Å². The zero-order valence-corrected chi connectivity index (χ0v) is 12.7. The van der Waals surface area contributed by atoms with Crippen LogP contribution in [0.2, 0.25) is 0 Å². The Bertz CT molecular complexity index is 521. The summed E-state index contributed by atoms with van der Waals surface area (Å²) in [6.45, 7) is 9.63. The quantitative estimate of drug-likeness (QED) is 0.834. The summed E-state index contributed by atoms with van der Waals surface area (Å²) in [4.78, 5) is 20.5. The summed E-state index contributed by atoms with van der Waals surface area (Å²) in [5.74, 6) is 5.79. The van der Waals surface area contributed by atoms with Crippen LogP contribution in [0.1, 0.15) is 19.4 Å². The van der Waals surface area contributed by atoms with Crippen LogP contribution in [0.25, 0.3) is 0 Å². The molecule has 21 heavy (non-hydrogen) atoms. The molecular weight excluding hydrogens is 264 g/mol. The van der Waals surface area contributed by atoms with Gasteiger partial charge in [0.1, 0.15) is 5.82 Å². The average Bonchev–Trinajstić information content (AvgIpc) is 2.54. The molecule has 2 rings (SSSR count). The molecule has 1 amide bonds. The maximum absolute atomic E-state index is 11.3. The first-order valence-electron chi connectivity index (χ1n) is 7.35. The second kappa shape index (κ2) is 7.65. The van der Waals surface area contributed by atoms with Crippen molar-refractivity contribution in [2.75, 3.05) is 37.6 Å². The Labute approximate surface area is 126 Å². The van der Waals surface area contributed by atoms with Gasteiger partial charge in [0.05, 0.1) is 0 Å². The van der Waals surface area contributed by atoms with Crippen LogP contribution in [0.5, 0.6) is 0 Å². The standard InChI is InChI=1S/C16H22N4O/c1-3-5-16(21)18-13-14-6-7-15(17-12-14)20-10-8-19(4-2)9-11-20/h6-7,12H,4,8-11,13H2,1-2H3,(H,18,21). The van der Waals surface area contributed by atoms with Crippen molar-refractivity contribution in [2.24, 2.45) is 0 Å². The van der Waals surface area contributed by atoms with E-state index in [2.05, 4.69) is 38.9 Å². The lowest BCUT2D eigenvalue weighted by molar-refractivity contribution is -0.115. The summed E-state index contributed by atoms with van der Waals surface area (Å²) in [5.41, 5.74) is 0.984. The number of likely N-dealkylation sites (N-methyl/N-ethyl adjacent to an activating group) is 1. The fraction of sp³-hybridized carbons (Fsp3) is 0.500. The van der Waals surface area contributed by atoms with Gasteiger partial charge in [-0.1, -0.05) is 18.9 Å². The SMILES string of the molecule is CC#CC(=O)NCc1ccc(N2CCN(CC)CC2)nc1. The first kappa shape index (κ1) is 15.3. The molecule has 1 aromatic rings. The Morgan fingerprint density at radius 3 is 2.67 bits per heavy atom. The van der Waals surface area contributed by atoms with Crippen molar-refractivity contribution in [2.45, 2.75) is 20.4 Å². The van der Waals surface area contributed by atoms with Crippen LogP contribution in [-0.4, -0.2) is 48.5 Å². The van der Waals surface area contributed by atoms with E-state index < -0.39 is 0 Å². The van der Waals surface area contributed by atoms with Gasteiger partial charge in [-0.3, -0.25) is 4.79 Å². The molecule has 0 atom stereocenters. The number of carbonyl (C=O) groups is 1. The largest absolute Gasteiger partial charge is 0.354 e. The van der Waals surface area contributed by atoms with Crippen molar-refractivity contribution >= 4 is 11.7 Å². The molecule has 5 heteroatoms. The van der Waals surface area contributed by atoms with Gasteiger partial charge >= 0.3 is 0 Å². The van der Waals surface area contributed by atoms with Gasteiger partial charge in [-0.05, 0) is 31.0 Å². The topological polar surface area (TPSA) is 48.5 Å². The number of pyridine rings is 1. The third-order valence-electron chi connectivity index (χ3n) is 3.64. The van der Waals surface area contributed by atoms with Gasteiger partial charge in [0.2, 0.25) is 0 Å². The first-order valence-corrected chi connectivity index (χ1v) is 7.35. The fourth-order valence-electron chi connectivity index (χ4n) is 2.34. The average molecular weight is 286 g/mol. The normalized spacial score (nSPS) is 15.2. The molecular formula is C16H22N4O. The van der Waals surface area contributed by atoms with Gasteiger partial charge in [-0.25, -0.2) is 4.98 Å². The van der Waals surface area contributed by atoms with E-state index in [4.69, 9.17) is 0 Å². The third kappa shape index (κ3) is 4.47. The lowest BCUT2D eigenvalue weighted by Gasteiger charge is -2.34. The van der Waals surface area contributed by atoms with Crippen molar-refractivity contribution in [3.8, 4) is 11.8 Å². The lowest BCUT2D eigenvalue weighted by atomic mass is 10.2. The minimum Gasteiger partial charge on any atom is -0.354 e. The molecule has 1 saturated heterocycles. The van der Waals surface area contributed by atoms with Crippen molar-refractivity contribution < 1.29 is 4.79 Å². The van der Waals surface area contributed by atoms with Crippen LogP contribution >= 0.6 is 0 Å². The Hall–Kier alpha value is -2.06. The maximum Gasteiger partial charge on any atom is 0.296 e. The highest BCUT2D eigenvalue weighted by Gasteiger charge is 2.16. The highest BCUT2D eigenvalue weighted by molar-refractivity contribution is 5.93. The summed E-state index contributed by atoms with van der Waals surface area (Å²) in [5, 5.41) is 2.74. The van der Waals surface area contributed by atoms with Crippen molar-refractivity contribution in [3.63, 3.8) is 0 Å². The molecule has 0 aromatic carbocycles. The highest BCUT2D eigenvalue weighted by Crippen LogP contribution is 2.13. The summed E-state index contributed by atoms with van der Waals surface area (Å²) in [6.07, 6.45) is 1.82. The van der Waals surface area contributed by atoms with Crippen LogP contribution in [-0.2, 0) is 11.3 Å². The van der Waals surface area contributed by atoms with Crippen LogP contribution in [0.4, 0.5) is 5.82 Å². The van der Waals surface area contributed by atoms with Crippen LogP contribution in [0.15, 0.2) is 18.3 Å². The number of piperazine rings is 1. The van der Waals surface area contributed by atoms with Crippen molar-refractivity contribution in [3.05, 3.63) is 23.9 Å². The molecule has 0 aliphatic carbocycles. The Balaban J connectivity index is 1.87. The number of rotatable bonds is 4. The minimum absolute atomic E-state index is 0.253. The van der Waals surface area contributed by atoms with Crippen molar-refractivity contribution in [1.29, 1.82) is 0 Å². The zero-order chi connectivity index (χ0) is 15.1. The molecule has 0 bridgehead atoms. The minimum atomic E-state index is -0.253. The predicted molar refractivity (Wildman–Crippen MR) is 83.9 cm³/mol. The van der Waals surface area contributed by atoms with Crippen LogP contribution < -0.4 is 10.2 Å². The zero-order valence-electron chi connectivity index (χ0n) is 12.7. The summed E-state index contributed by atoms with van der Waals surface area (Å²) >= 11 is 0. The van der Waals surface area contributed by atoms with Crippen LogP contribution in [0, 0.1) is 11.8 Å². The number of hydrogen-bond donors (Lipinski definition) is 1. The Morgan fingerprint density at radius 1 is 1.33 bits per heavy atom. The van der Waals surface area contributed by atoms with Gasteiger partial charge in [-0.2, -0.15) is 0 Å². The molecule has 0 radical (unpaired) electrons. The molecule has 0 spiro atoms. The van der Waals surface area contributed by atoms with E-state index in [1.54, 1.807) is 6.92 Å². The summed E-state index contributed by atoms with van der Waals surface area (Å²) in [6, 6.07) is 4.03.